The summed E-state index contributed by atoms with van der Waals surface area (Å²) in [6.45, 7) is 3.10. The van der Waals surface area contributed by atoms with Gasteiger partial charge in [0.15, 0.2) is 5.65 Å². The summed E-state index contributed by atoms with van der Waals surface area (Å²) in [5.41, 5.74) is 3.99. The van der Waals surface area contributed by atoms with Gasteiger partial charge in [-0.25, -0.2) is 13.9 Å². The first-order valence-electron chi connectivity index (χ1n) is 12.1. The predicted molar refractivity (Wildman–Crippen MR) is 133 cm³/mol. The van der Waals surface area contributed by atoms with Gasteiger partial charge in [0.2, 0.25) is 0 Å². The Morgan fingerprint density at radius 3 is 2.83 bits per heavy atom. The van der Waals surface area contributed by atoms with E-state index in [2.05, 4.69) is 27.1 Å². The van der Waals surface area contributed by atoms with Crippen molar-refractivity contribution in [3.8, 4) is 0 Å². The number of ether oxygens (including phenoxy) is 1. The van der Waals surface area contributed by atoms with Crippen LogP contribution in [0.3, 0.4) is 0 Å². The van der Waals surface area contributed by atoms with Crippen molar-refractivity contribution in [2.24, 2.45) is 10.9 Å². The lowest BCUT2D eigenvalue weighted by Gasteiger charge is -2.29. The molecule has 7 nitrogen and oxygen atoms in total. The summed E-state index contributed by atoms with van der Waals surface area (Å²) >= 11 is 6.45. The number of imidazole rings is 1. The van der Waals surface area contributed by atoms with E-state index in [1.165, 1.54) is 6.07 Å². The number of aliphatic hydroxyl groups excluding tert-OH is 1. The summed E-state index contributed by atoms with van der Waals surface area (Å²) in [7, 11) is 0. The van der Waals surface area contributed by atoms with Gasteiger partial charge in [0.1, 0.15) is 11.9 Å². The maximum atomic E-state index is 15.4. The second kappa shape index (κ2) is 8.37. The number of hydrogen-bond donors (Lipinski definition) is 1. The number of morpholine rings is 1. The Hall–Kier alpha value is -3.33. The van der Waals surface area contributed by atoms with Crippen molar-refractivity contribution in [3.05, 3.63) is 93.1 Å². The Kier molecular flexibility index (Phi) is 5.09. The fourth-order valence-corrected chi connectivity index (χ4v) is 5.60. The van der Waals surface area contributed by atoms with Crippen LogP contribution in [0.2, 0.25) is 5.02 Å². The molecule has 4 heterocycles. The third-order valence-corrected chi connectivity index (χ3v) is 7.63. The van der Waals surface area contributed by atoms with Crippen molar-refractivity contribution in [1.29, 1.82) is 0 Å². The van der Waals surface area contributed by atoms with Gasteiger partial charge < -0.3 is 14.7 Å². The number of hydrogen-bond acceptors (Lipinski definition) is 6. The maximum absolute atomic E-state index is 15.4. The highest BCUT2D eigenvalue weighted by Crippen LogP contribution is 2.46. The summed E-state index contributed by atoms with van der Waals surface area (Å²) in [4.78, 5) is 11.4. The zero-order chi connectivity index (χ0) is 24.4. The fourth-order valence-electron chi connectivity index (χ4n) is 5.35. The van der Waals surface area contributed by atoms with Crippen LogP contribution in [-0.4, -0.2) is 52.0 Å². The van der Waals surface area contributed by atoms with E-state index < -0.39 is 11.9 Å². The first-order chi connectivity index (χ1) is 17.6. The molecule has 9 heteroatoms. The van der Waals surface area contributed by atoms with Crippen molar-refractivity contribution in [2.45, 2.75) is 18.6 Å². The number of rotatable bonds is 4. The van der Waals surface area contributed by atoms with Gasteiger partial charge in [0.05, 0.1) is 30.3 Å². The number of aliphatic hydroxyl groups is 1. The van der Waals surface area contributed by atoms with Crippen molar-refractivity contribution >= 4 is 28.5 Å². The quantitative estimate of drug-likeness (QED) is 0.463. The van der Waals surface area contributed by atoms with E-state index in [0.717, 1.165) is 41.3 Å². The van der Waals surface area contributed by atoms with Gasteiger partial charge in [-0.1, -0.05) is 17.7 Å². The van der Waals surface area contributed by atoms with Crippen molar-refractivity contribution in [3.63, 3.8) is 0 Å². The van der Waals surface area contributed by atoms with Crippen molar-refractivity contribution in [2.75, 3.05) is 31.2 Å². The molecule has 182 valence electrons. The Bertz CT molecular complexity index is 1630. The molecule has 0 amide bonds. The molecule has 0 bridgehead atoms. The molecular weight excluding hydrogens is 481 g/mol. The monoisotopic (exact) mass is 503 g/mol. The maximum Gasteiger partial charge on any atom is 0.153 e. The molecule has 2 aliphatic heterocycles. The lowest BCUT2D eigenvalue weighted by atomic mass is 9.93. The van der Waals surface area contributed by atoms with Crippen LogP contribution in [0.1, 0.15) is 29.3 Å². The van der Waals surface area contributed by atoms with E-state index in [1.54, 1.807) is 35.1 Å². The molecule has 4 aromatic rings. The Morgan fingerprint density at radius 2 is 1.97 bits per heavy atom. The van der Waals surface area contributed by atoms with Crippen LogP contribution in [0.4, 0.5) is 10.1 Å². The average Bonchev–Trinajstić information content (AvgIpc) is 3.51. The molecular formula is C27H23ClFN5O2. The molecule has 3 aliphatic rings. The van der Waals surface area contributed by atoms with Gasteiger partial charge >= 0.3 is 0 Å². The normalized spacial score (nSPS) is 21.6. The van der Waals surface area contributed by atoms with E-state index in [4.69, 9.17) is 21.3 Å². The van der Waals surface area contributed by atoms with Gasteiger partial charge in [-0.05, 0) is 48.4 Å². The van der Waals surface area contributed by atoms with Crippen LogP contribution in [0.25, 0.3) is 11.2 Å². The van der Waals surface area contributed by atoms with E-state index in [1.807, 2.05) is 6.07 Å². The number of nitrogens with zero attached hydrogens (tertiary/aromatic N) is 5. The molecule has 7 rings (SSSR count). The molecule has 0 spiro atoms. The highest BCUT2D eigenvalue weighted by molar-refractivity contribution is 6.31. The second-order valence-corrected chi connectivity index (χ2v) is 9.90. The Morgan fingerprint density at radius 1 is 1.11 bits per heavy atom. The highest BCUT2D eigenvalue weighted by atomic mass is 35.5. The number of halogens is 2. The lowest BCUT2D eigenvalue weighted by Crippen LogP contribution is -2.38. The molecule has 3 atom stereocenters. The third-order valence-electron chi connectivity index (χ3n) is 7.31. The molecule has 3 unspecified atom stereocenters. The molecule has 0 radical (unpaired) electrons. The van der Waals surface area contributed by atoms with Crippen LogP contribution in [0, 0.1) is 11.7 Å². The summed E-state index contributed by atoms with van der Waals surface area (Å²) in [6.07, 6.45) is 3.12. The standard InChI is InChI=1S/C27H23ClFN5O2/c28-20-14-21(29)18(12-17(20)27(35)22-3-4-25-30-5-6-34(25)32-22)26-16-2-1-15(33-7-9-36-10-8-33)11-23(16)31-24-13-19(24)26/h1-6,11-12,14,19,24,27,35H,7-10,13H2. The summed E-state index contributed by atoms with van der Waals surface area (Å²) < 4.78 is 22.5. The minimum atomic E-state index is -1.12. The van der Waals surface area contributed by atoms with Gasteiger partial charge in [-0.15, -0.1) is 0 Å². The lowest BCUT2D eigenvalue weighted by molar-refractivity contribution is 0.122. The average molecular weight is 504 g/mol. The zero-order valence-corrected chi connectivity index (χ0v) is 20.1. The van der Waals surface area contributed by atoms with Gasteiger partial charge in [-0.3, -0.25) is 4.99 Å². The largest absolute Gasteiger partial charge is 0.382 e. The number of anilines is 1. The van der Waals surface area contributed by atoms with E-state index in [-0.39, 0.29) is 17.0 Å². The van der Waals surface area contributed by atoms with Crippen molar-refractivity contribution in [1.82, 2.24) is 14.6 Å². The smallest absolute Gasteiger partial charge is 0.153 e. The second-order valence-electron chi connectivity index (χ2n) is 9.50. The molecule has 2 fully saturated rings. The van der Waals surface area contributed by atoms with E-state index in [0.29, 0.717) is 35.7 Å². The number of aromatic nitrogens is 3. The first-order valence-corrected chi connectivity index (χ1v) is 12.5. The van der Waals surface area contributed by atoms with E-state index >= 15 is 4.39 Å². The zero-order valence-electron chi connectivity index (χ0n) is 19.3. The van der Waals surface area contributed by atoms with Crippen LogP contribution in [0.15, 0.2) is 59.9 Å². The van der Waals surface area contributed by atoms with Crippen LogP contribution >= 0.6 is 11.6 Å². The Balaban J connectivity index is 1.34. The number of benzene rings is 2. The molecule has 1 saturated carbocycles. The topological polar surface area (TPSA) is 75.2 Å². The summed E-state index contributed by atoms with van der Waals surface area (Å²) in [6, 6.07) is 12.8. The number of fused-ring (bicyclic) bond motifs is 3. The fraction of sp³-hybridized carbons (Fsp3) is 0.296. The van der Waals surface area contributed by atoms with Crippen LogP contribution in [-0.2, 0) is 4.74 Å². The van der Waals surface area contributed by atoms with E-state index in [9.17, 15) is 5.11 Å². The molecule has 1 saturated heterocycles. The summed E-state index contributed by atoms with van der Waals surface area (Å²) in [5, 5.41) is 17.6. The van der Waals surface area contributed by atoms with Crippen LogP contribution < -0.4 is 15.5 Å². The first kappa shape index (κ1) is 21.9. The Labute approximate surface area is 211 Å². The molecule has 1 N–H and O–H groups in total. The van der Waals surface area contributed by atoms with Crippen molar-refractivity contribution < 1.29 is 14.2 Å². The molecule has 2 aromatic heterocycles. The van der Waals surface area contributed by atoms with Gasteiger partial charge in [0, 0.05) is 58.5 Å². The molecule has 2 aromatic carbocycles. The third kappa shape index (κ3) is 3.59. The minimum Gasteiger partial charge on any atom is -0.382 e. The highest BCUT2D eigenvalue weighted by Gasteiger charge is 2.43. The predicted octanol–water partition coefficient (Wildman–Crippen LogP) is 2.66. The van der Waals surface area contributed by atoms with Crippen LogP contribution in [0.5, 0.6) is 0 Å². The minimum absolute atomic E-state index is 0.154. The van der Waals surface area contributed by atoms with Gasteiger partial charge in [-0.2, -0.15) is 5.10 Å². The van der Waals surface area contributed by atoms with Gasteiger partial charge in [0.25, 0.3) is 0 Å². The molecule has 1 aliphatic carbocycles. The SMILES string of the molecule is OC(c1ccc2nccn2n1)c1cc(C2=c3ccc(N4CCOCC4)cc3=NC3CC23)c(F)cc1Cl. The molecule has 36 heavy (non-hydrogen) atoms. The summed E-state index contributed by atoms with van der Waals surface area (Å²) in [5.74, 6) is -0.243.